The van der Waals surface area contributed by atoms with E-state index in [1.165, 1.54) is 0 Å². The number of carbonyl (C=O) groups is 2. The summed E-state index contributed by atoms with van der Waals surface area (Å²) in [6.45, 7) is 2.71. The second-order valence-corrected chi connectivity index (χ2v) is 8.41. The van der Waals surface area contributed by atoms with Gasteiger partial charge in [-0.05, 0) is 23.8 Å². The van der Waals surface area contributed by atoms with E-state index in [1.807, 2.05) is 6.07 Å². The summed E-state index contributed by atoms with van der Waals surface area (Å²) in [6, 6.07) is 7.70. The average Bonchev–Trinajstić information content (AvgIpc) is 2.62. The molecule has 0 aliphatic rings. The Morgan fingerprint density at radius 1 is 1.20 bits per heavy atom. The number of nitrogens with one attached hydrogen (secondary N) is 2. The van der Waals surface area contributed by atoms with Crippen molar-refractivity contribution >= 4 is 25.8 Å². The molecule has 156 valence electrons. The van der Waals surface area contributed by atoms with Gasteiger partial charge in [0.05, 0.1) is 18.6 Å². The molecule has 1 unspecified atom stereocenters. The molecule has 0 bridgehead atoms. The fourth-order valence-corrected chi connectivity index (χ4v) is 3.31. The van der Waals surface area contributed by atoms with Crippen LogP contribution >= 0.6 is 7.87 Å². The van der Waals surface area contributed by atoms with Crippen molar-refractivity contribution in [3.8, 4) is 0 Å². The van der Waals surface area contributed by atoms with E-state index in [0.29, 0.717) is 0 Å². The van der Waals surface area contributed by atoms with Crippen LogP contribution in [0.2, 0.25) is 0 Å². The Balaban J connectivity index is 0. The third-order valence-corrected chi connectivity index (χ3v) is 4.68. The van der Waals surface area contributed by atoms with Crippen molar-refractivity contribution in [3.63, 3.8) is 0 Å². The molecule has 2 atom stereocenters. The monoisotopic (exact) mass is 427 g/mol. The van der Waals surface area contributed by atoms with E-state index in [0.717, 1.165) is 5.56 Å². The maximum absolute atomic E-state index is 12.3. The maximum atomic E-state index is 12.3. The van der Waals surface area contributed by atoms with Crippen molar-refractivity contribution in [2.45, 2.75) is 32.9 Å². The van der Waals surface area contributed by atoms with Crippen LogP contribution in [0.5, 0.6) is 0 Å². The van der Waals surface area contributed by atoms with Crippen molar-refractivity contribution in [2.24, 2.45) is 10.9 Å². The molecule has 1 aromatic carbocycles. The number of aliphatic imine (C=N–C) groups is 1. The maximum Gasteiger partial charge on any atom is 1.00 e. The van der Waals surface area contributed by atoms with Crippen molar-refractivity contribution in [1.29, 1.82) is 0 Å². The topological polar surface area (TPSA) is 169 Å². The van der Waals surface area contributed by atoms with Crippen molar-refractivity contribution in [1.82, 2.24) is 10.4 Å². The average molecular weight is 427 g/mol. The molecule has 0 aromatic heterocycles. The number of benzene rings is 1. The first-order valence-corrected chi connectivity index (χ1v) is 10.4. The Bertz CT molecular complexity index is 679. The van der Waals surface area contributed by atoms with Crippen LogP contribution in [0, 0.1) is 5.92 Å². The summed E-state index contributed by atoms with van der Waals surface area (Å²) in [5.41, 5.74) is 0.750. The largest absolute Gasteiger partial charge is 1.00 e. The number of hydrogen-bond donors (Lipinski definition) is 3. The predicted octanol–water partition coefficient (Wildman–Crippen LogP) is -7.49. The normalized spacial score (nSPS) is 14.0. The van der Waals surface area contributed by atoms with Crippen molar-refractivity contribution in [3.05, 3.63) is 35.9 Å². The van der Waals surface area contributed by atoms with Gasteiger partial charge in [-0.15, -0.1) is 0 Å². The number of carboxylic acid groups (broad SMARTS) is 1. The molecule has 1 aromatic rings. The van der Waals surface area contributed by atoms with Gasteiger partial charge < -0.3 is 24.6 Å². The molecule has 1 amide bonds. The number of alkyl carbamates (subject to hydrolysis) is 1. The Kier molecular flexibility index (Phi) is 16.3. The summed E-state index contributed by atoms with van der Waals surface area (Å²) in [4.78, 5) is 47.7. The zero-order chi connectivity index (χ0) is 21.2. The third kappa shape index (κ3) is 14.0. The van der Waals surface area contributed by atoms with Gasteiger partial charge in [-0.1, -0.05) is 44.2 Å². The molecule has 0 saturated heterocycles. The fraction of sp³-hybridized carbons (Fsp3) is 0.471. The molecular formula is C17H24Li2N3O7P. The Morgan fingerprint density at radius 2 is 1.80 bits per heavy atom. The van der Waals surface area contributed by atoms with Crippen LogP contribution in [0.25, 0.3) is 0 Å². The summed E-state index contributed by atoms with van der Waals surface area (Å²) in [7, 11) is -4.16. The molecule has 10 nitrogen and oxygen atoms in total. The smallest absolute Gasteiger partial charge is 0.861 e. The predicted molar refractivity (Wildman–Crippen MR) is 97.5 cm³/mol. The molecule has 0 spiro atoms. The van der Waals surface area contributed by atoms with E-state index < -0.39 is 44.7 Å². The first-order valence-electron chi connectivity index (χ1n) is 8.54. The number of ether oxygens (including phenoxy) is 1. The van der Waals surface area contributed by atoms with Gasteiger partial charge in [0.25, 0.3) is 0 Å². The minimum Gasteiger partial charge on any atom is -0.861 e. The molecule has 0 fully saturated rings. The molecule has 30 heavy (non-hydrogen) atoms. The Labute approximate surface area is 200 Å². The van der Waals surface area contributed by atoms with E-state index >= 15 is 0 Å². The minimum absolute atomic E-state index is 0. The minimum atomic E-state index is -4.16. The molecule has 0 aliphatic heterocycles. The summed E-state index contributed by atoms with van der Waals surface area (Å²) < 4.78 is 4.94. The zero-order valence-corrected chi connectivity index (χ0v) is 18.6. The van der Waals surface area contributed by atoms with E-state index in [2.05, 4.69) is 15.4 Å². The Hall–Kier alpha value is -1.07. The van der Waals surface area contributed by atoms with Gasteiger partial charge in [0.1, 0.15) is 6.61 Å². The first kappa shape index (κ1) is 31.1. The van der Waals surface area contributed by atoms with E-state index in [4.69, 9.17) is 4.74 Å². The fourth-order valence-electron chi connectivity index (χ4n) is 2.17. The first-order chi connectivity index (χ1) is 13.1. The number of hydrogen-bond acceptors (Lipinski definition) is 9. The summed E-state index contributed by atoms with van der Waals surface area (Å²) in [6.07, 6.45) is -1.42. The molecule has 0 radical (unpaired) electrons. The van der Waals surface area contributed by atoms with Gasteiger partial charge in [-0.3, -0.25) is 10.3 Å². The molecule has 0 heterocycles. The molecule has 13 heteroatoms. The molecule has 3 N–H and O–H groups in total. The van der Waals surface area contributed by atoms with Crippen LogP contribution in [0.3, 0.4) is 0 Å². The van der Waals surface area contributed by atoms with Gasteiger partial charge in [0.2, 0.25) is 0 Å². The second kappa shape index (κ2) is 15.7. The number of aliphatic carboxylic acids is 1. The van der Waals surface area contributed by atoms with Gasteiger partial charge in [0.15, 0.2) is 14.2 Å². The summed E-state index contributed by atoms with van der Waals surface area (Å²) in [5, 5.41) is 26.8. The van der Waals surface area contributed by atoms with Gasteiger partial charge in [-0.2, -0.15) is 5.09 Å². The number of rotatable bonds is 11. The standard InChI is InChI=1S/C17H26N3O7P.2Li/c1-12(2)8-14(16(23)18-9-15(21)22)20-28(25,26)11-19-17(24)27-10-13-6-4-3-5-7-13;;/h3-7,12,14H,8-11H2,1-2H3,(H,18,23)(H,19,24)(H,21,22)(H2,20,25,26);;/q;2*+1/p-2/t14-;;/m0../s1. The SMILES string of the molecule is CC(C)C[C@H](N[P+]([O-])(O)CNC(=O)OCc1ccccc1)C([O-])=NCC(=O)[O-].[Li+].[Li+]. The second-order valence-electron chi connectivity index (χ2n) is 6.44. The Morgan fingerprint density at radius 3 is 2.33 bits per heavy atom. The number of nitrogens with zero attached hydrogens (tertiary/aromatic N) is 1. The number of carbonyl (C=O) groups excluding carboxylic acids is 2. The van der Waals surface area contributed by atoms with E-state index in [9.17, 15) is 29.6 Å². The van der Waals surface area contributed by atoms with E-state index in [1.54, 1.807) is 38.1 Å². The van der Waals surface area contributed by atoms with E-state index in [-0.39, 0.29) is 56.7 Å². The van der Waals surface area contributed by atoms with Crippen LogP contribution < -0.4 is 63.2 Å². The van der Waals surface area contributed by atoms with Crippen molar-refractivity contribution in [2.75, 3.05) is 12.8 Å². The number of carboxylic acids is 1. The van der Waals surface area contributed by atoms with Crippen LogP contribution in [-0.2, 0) is 16.1 Å². The molecular weight excluding hydrogens is 403 g/mol. The van der Waals surface area contributed by atoms with Gasteiger partial charge in [-0.25, -0.2) is 9.69 Å². The molecule has 1 rings (SSSR count). The van der Waals surface area contributed by atoms with Crippen LogP contribution in [-0.4, -0.2) is 41.7 Å². The third-order valence-electron chi connectivity index (χ3n) is 3.38. The zero-order valence-electron chi connectivity index (χ0n) is 17.7. The quantitative estimate of drug-likeness (QED) is 0.135. The van der Waals surface area contributed by atoms with Crippen LogP contribution in [0.4, 0.5) is 4.79 Å². The molecule has 0 saturated carbocycles. The van der Waals surface area contributed by atoms with Gasteiger partial charge >= 0.3 is 43.8 Å². The molecule has 0 aliphatic carbocycles. The summed E-state index contributed by atoms with van der Waals surface area (Å²) in [5.74, 6) is -2.45. The van der Waals surface area contributed by atoms with Crippen molar-refractivity contribution < 1.29 is 72.0 Å². The van der Waals surface area contributed by atoms with Crippen LogP contribution in [0.15, 0.2) is 35.3 Å². The number of amides is 1. The summed E-state index contributed by atoms with van der Waals surface area (Å²) >= 11 is 0. The van der Waals surface area contributed by atoms with Gasteiger partial charge in [0, 0.05) is 0 Å². The van der Waals surface area contributed by atoms with Crippen LogP contribution in [0.1, 0.15) is 25.8 Å².